The molecule has 33 heavy (non-hydrogen) atoms. The predicted molar refractivity (Wildman–Crippen MR) is 115 cm³/mol. The molecule has 0 bridgehead atoms. The standard InChI is InChI=1S/C24H27F3N2O4/c1-14(23(31)32)21(30)16-4-5-17-13-33-20(12-18(17)11-16)15-6-9-29(10-7-15)22-19(24(25,26)27)3-2-8-28-22/h2-5,8,11,14-15,20-21,30H,6-7,9-10,12-13H2,1H3,(H,31,32)/t14-,20?,21+/m0/s1. The van der Waals surface area contributed by atoms with Crippen molar-refractivity contribution in [3.05, 3.63) is 58.8 Å². The first-order valence-corrected chi connectivity index (χ1v) is 11.1. The van der Waals surface area contributed by atoms with Gasteiger partial charge in [0.2, 0.25) is 0 Å². The van der Waals surface area contributed by atoms with Crippen LogP contribution in [0.4, 0.5) is 19.0 Å². The summed E-state index contributed by atoms with van der Waals surface area (Å²) in [5.74, 6) is -1.81. The first-order chi connectivity index (χ1) is 15.6. The summed E-state index contributed by atoms with van der Waals surface area (Å²) in [5.41, 5.74) is 1.87. The molecule has 3 heterocycles. The minimum absolute atomic E-state index is 0.0236. The number of carboxylic acid groups (broad SMARTS) is 1. The monoisotopic (exact) mass is 464 g/mol. The van der Waals surface area contributed by atoms with Gasteiger partial charge in [-0.1, -0.05) is 18.2 Å². The number of aromatic nitrogens is 1. The van der Waals surface area contributed by atoms with Crippen LogP contribution in [0.3, 0.4) is 0 Å². The Bertz CT molecular complexity index is 1010. The first-order valence-electron chi connectivity index (χ1n) is 11.1. The van der Waals surface area contributed by atoms with Gasteiger partial charge in [-0.25, -0.2) is 4.98 Å². The van der Waals surface area contributed by atoms with Crippen LogP contribution in [0.25, 0.3) is 0 Å². The number of benzene rings is 1. The largest absolute Gasteiger partial charge is 0.481 e. The van der Waals surface area contributed by atoms with Crippen LogP contribution in [0.5, 0.6) is 0 Å². The second-order valence-corrected chi connectivity index (χ2v) is 8.85. The molecule has 0 amide bonds. The quantitative estimate of drug-likeness (QED) is 0.690. The van der Waals surface area contributed by atoms with Crippen LogP contribution in [0.2, 0.25) is 0 Å². The van der Waals surface area contributed by atoms with Crippen LogP contribution in [-0.4, -0.2) is 40.4 Å². The van der Waals surface area contributed by atoms with E-state index in [-0.39, 0.29) is 17.8 Å². The number of piperidine rings is 1. The average Bonchev–Trinajstić information content (AvgIpc) is 2.82. The molecule has 3 atom stereocenters. The molecule has 1 aromatic carbocycles. The van der Waals surface area contributed by atoms with Gasteiger partial charge in [-0.05, 0) is 60.9 Å². The lowest BCUT2D eigenvalue weighted by molar-refractivity contribution is -0.145. The van der Waals surface area contributed by atoms with Gasteiger partial charge in [0.1, 0.15) is 5.82 Å². The second-order valence-electron chi connectivity index (χ2n) is 8.85. The Morgan fingerprint density at radius 3 is 2.61 bits per heavy atom. The summed E-state index contributed by atoms with van der Waals surface area (Å²) in [6, 6.07) is 7.81. The molecule has 178 valence electrons. The van der Waals surface area contributed by atoms with Gasteiger partial charge in [0.25, 0.3) is 0 Å². The number of aliphatic hydroxyl groups excluding tert-OH is 1. The zero-order valence-electron chi connectivity index (χ0n) is 18.3. The number of aliphatic hydroxyl groups is 1. The summed E-state index contributed by atoms with van der Waals surface area (Å²) in [4.78, 5) is 16.9. The number of ether oxygens (including phenoxy) is 1. The van der Waals surface area contributed by atoms with Crippen molar-refractivity contribution in [1.29, 1.82) is 0 Å². The van der Waals surface area contributed by atoms with E-state index >= 15 is 0 Å². The number of pyridine rings is 1. The summed E-state index contributed by atoms with van der Waals surface area (Å²) in [7, 11) is 0. The lowest BCUT2D eigenvalue weighted by atomic mass is 9.84. The normalized spacial score (nSPS) is 21.4. The predicted octanol–water partition coefficient (Wildman–Crippen LogP) is 4.21. The van der Waals surface area contributed by atoms with Crippen molar-refractivity contribution in [3.8, 4) is 0 Å². The Morgan fingerprint density at radius 2 is 1.94 bits per heavy atom. The maximum Gasteiger partial charge on any atom is 0.419 e. The molecule has 2 aliphatic heterocycles. The minimum atomic E-state index is -4.45. The van der Waals surface area contributed by atoms with E-state index in [9.17, 15) is 28.2 Å². The van der Waals surface area contributed by atoms with E-state index < -0.39 is 29.7 Å². The van der Waals surface area contributed by atoms with Crippen molar-refractivity contribution in [2.24, 2.45) is 11.8 Å². The van der Waals surface area contributed by atoms with Gasteiger partial charge in [0.05, 0.1) is 30.3 Å². The highest BCUT2D eigenvalue weighted by atomic mass is 19.4. The fourth-order valence-corrected chi connectivity index (χ4v) is 4.71. The Morgan fingerprint density at radius 1 is 1.21 bits per heavy atom. The van der Waals surface area contributed by atoms with E-state index in [4.69, 9.17) is 4.74 Å². The van der Waals surface area contributed by atoms with Crippen molar-refractivity contribution in [3.63, 3.8) is 0 Å². The maximum absolute atomic E-state index is 13.4. The molecule has 1 unspecified atom stereocenters. The van der Waals surface area contributed by atoms with Gasteiger partial charge in [0.15, 0.2) is 0 Å². The molecule has 0 aliphatic carbocycles. The van der Waals surface area contributed by atoms with Crippen molar-refractivity contribution in [1.82, 2.24) is 4.98 Å². The van der Waals surface area contributed by atoms with E-state index in [0.717, 1.165) is 17.2 Å². The molecule has 1 aromatic heterocycles. The molecule has 0 radical (unpaired) electrons. The number of carboxylic acids is 1. The molecule has 2 aromatic rings. The molecule has 2 N–H and O–H groups in total. The second kappa shape index (κ2) is 9.30. The van der Waals surface area contributed by atoms with Crippen LogP contribution >= 0.6 is 0 Å². The van der Waals surface area contributed by atoms with Crippen molar-refractivity contribution in [2.45, 2.75) is 51.2 Å². The van der Waals surface area contributed by atoms with Crippen molar-refractivity contribution < 1.29 is 32.9 Å². The van der Waals surface area contributed by atoms with Gasteiger partial charge in [-0.2, -0.15) is 13.2 Å². The summed E-state index contributed by atoms with van der Waals surface area (Å²) < 4.78 is 46.2. The molecular weight excluding hydrogens is 437 g/mol. The number of rotatable bonds is 5. The van der Waals surface area contributed by atoms with E-state index in [2.05, 4.69) is 4.98 Å². The molecule has 2 aliphatic rings. The summed E-state index contributed by atoms with van der Waals surface area (Å²) in [5, 5.41) is 19.6. The zero-order valence-corrected chi connectivity index (χ0v) is 18.3. The number of carbonyl (C=O) groups is 1. The molecule has 6 nitrogen and oxygen atoms in total. The fraction of sp³-hybridized carbons (Fsp3) is 0.500. The minimum Gasteiger partial charge on any atom is -0.481 e. The number of halogens is 3. The Hall–Kier alpha value is -2.65. The molecule has 1 saturated heterocycles. The third-order valence-electron chi connectivity index (χ3n) is 6.77. The van der Waals surface area contributed by atoms with Gasteiger partial charge in [0, 0.05) is 19.3 Å². The number of fused-ring (bicyclic) bond motifs is 1. The topological polar surface area (TPSA) is 82.9 Å². The van der Waals surface area contributed by atoms with E-state index in [0.29, 0.717) is 44.5 Å². The molecule has 0 spiro atoms. The number of hydrogen-bond acceptors (Lipinski definition) is 5. The van der Waals surface area contributed by atoms with Gasteiger partial charge in [-0.15, -0.1) is 0 Å². The van der Waals surface area contributed by atoms with Crippen LogP contribution in [0.1, 0.15) is 48.1 Å². The van der Waals surface area contributed by atoms with Crippen LogP contribution in [0.15, 0.2) is 36.5 Å². The Kier molecular flexibility index (Phi) is 6.63. The highest BCUT2D eigenvalue weighted by Crippen LogP contribution is 2.38. The highest BCUT2D eigenvalue weighted by molar-refractivity contribution is 5.70. The molecule has 0 saturated carbocycles. The average molecular weight is 464 g/mol. The van der Waals surface area contributed by atoms with Crippen molar-refractivity contribution >= 4 is 11.8 Å². The smallest absolute Gasteiger partial charge is 0.419 e. The fourth-order valence-electron chi connectivity index (χ4n) is 4.71. The SMILES string of the molecule is C[C@H](C(=O)O)[C@@H](O)c1ccc2c(c1)CC(C1CCN(c3ncccc3C(F)(F)F)CC1)OC2. The molecule has 9 heteroatoms. The van der Waals surface area contributed by atoms with E-state index in [1.807, 2.05) is 12.1 Å². The highest BCUT2D eigenvalue weighted by Gasteiger charge is 2.37. The van der Waals surface area contributed by atoms with Gasteiger partial charge in [-0.3, -0.25) is 4.79 Å². The summed E-state index contributed by atoms with van der Waals surface area (Å²) >= 11 is 0. The van der Waals surface area contributed by atoms with E-state index in [1.54, 1.807) is 11.0 Å². The third-order valence-corrected chi connectivity index (χ3v) is 6.77. The Labute approximate surface area is 190 Å². The zero-order chi connectivity index (χ0) is 23.8. The Balaban J connectivity index is 1.42. The van der Waals surface area contributed by atoms with Crippen molar-refractivity contribution in [2.75, 3.05) is 18.0 Å². The summed E-state index contributed by atoms with van der Waals surface area (Å²) in [6.45, 7) is 2.82. The number of anilines is 1. The van der Waals surface area contributed by atoms with Crippen LogP contribution < -0.4 is 4.90 Å². The molecular formula is C24H27F3N2O4. The number of nitrogens with zero attached hydrogens (tertiary/aromatic N) is 2. The van der Waals surface area contributed by atoms with Crippen LogP contribution in [0, 0.1) is 11.8 Å². The number of alkyl halides is 3. The van der Waals surface area contributed by atoms with Crippen LogP contribution in [-0.2, 0) is 28.7 Å². The summed E-state index contributed by atoms with van der Waals surface area (Å²) in [6.07, 6.45) is -2.24. The maximum atomic E-state index is 13.4. The molecule has 4 rings (SSSR count). The first kappa shape index (κ1) is 23.5. The van der Waals surface area contributed by atoms with E-state index in [1.165, 1.54) is 19.2 Å². The van der Waals surface area contributed by atoms with Gasteiger partial charge < -0.3 is 19.8 Å². The number of hydrogen-bond donors (Lipinski definition) is 2. The lowest BCUT2D eigenvalue weighted by Crippen LogP contribution is -2.41. The number of aliphatic carboxylic acids is 1. The molecule has 1 fully saturated rings. The third kappa shape index (κ3) is 4.99. The van der Waals surface area contributed by atoms with Gasteiger partial charge >= 0.3 is 12.1 Å². The lowest BCUT2D eigenvalue weighted by Gasteiger charge is -2.39.